The lowest BCUT2D eigenvalue weighted by Gasteiger charge is -2.16. The van der Waals surface area contributed by atoms with Crippen LogP contribution < -0.4 is 10.1 Å². The zero-order valence-electron chi connectivity index (χ0n) is 10.9. The molecule has 94 valence electrons. The summed E-state index contributed by atoms with van der Waals surface area (Å²) in [7, 11) is 1.69. The van der Waals surface area contributed by atoms with Gasteiger partial charge in [-0.2, -0.15) is 0 Å². The third-order valence-corrected chi connectivity index (χ3v) is 4.26. The molecule has 2 rings (SSSR count). The van der Waals surface area contributed by atoms with Crippen molar-refractivity contribution in [2.75, 3.05) is 7.11 Å². The predicted octanol–water partition coefficient (Wildman–Crippen LogP) is 3.91. The van der Waals surface area contributed by atoms with Crippen LogP contribution in [0.2, 0.25) is 0 Å². The first-order valence-electron chi connectivity index (χ1n) is 6.03. The Morgan fingerprint density at radius 1 is 1.47 bits per heavy atom. The van der Waals surface area contributed by atoms with Crippen LogP contribution in [0.25, 0.3) is 0 Å². The average molecular weight is 298 g/mol. The maximum atomic E-state index is 5.24. The zero-order chi connectivity index (χ0) is 12.6. The van der Waals surface area contributed by atoms with E-state index in [-0.39, 0.29) is 0 Å². The molecule has 1 N–H and O–H groups in total. The van der Waals surface area contributed by atoms with E-state index < -0.39 is 0 Å². The van der Waals surface area contributed by atoms with Crippen LogP contribution in [-0.4, -0.2) is 13.2 Å². The van der Waals surface area contributed by atoms with Crippen molar-refractivity contribution in [3.63, 3.8) is 0 Å². The fraction of sp³-hybridized carbons (Fsp3) is 0.571. The van der Waals surface area contributed by atoms with Crippen LogP contribution in [0.3, 0.4) is 0 Å². The van der Waals surface area contributed by atoms with Gasteiger partial charge in [-0.15, -0.1) is 0 Å². The molecular weight excluding hydrogens is 278 g/mol. The van der Waals surface area contributed by atoms with Crippen molar-refractivity contribution in [3.8, 4) is 5.75 Å². The van der Waals surface area contributed by atoms with Crippen molar-refractivity contribution in [1.82, 2.24) is 5.32 Å². The molecule has 0 aliphatic heterocycles. The summed E-state index contributed by atoms with van der Waals surface area (Å²) in [4.78, 5) is 0. The van der Waals surface area contributed by atoms with E-state index in [4.69, 9.17) is 4.74 Å². The summed E-state index contributed by atoms with van der Waals surface area (Å²) in [5.74, 6) is 0.882. The van der Waals surface area contributed by atoms with Crippen LogP contribution in [0.1, 0.15) is 38.8 Å². The van der Waals surface area contributed by atoms with Gasteiger partial charge in [0.1, 0.15) is 5.75 Å². The molecule has 2 nitrogen and oxygen atoms in total. The van der Waals surface area contributed by atoms with E-state index in [1.54, 1.807) is 7.11 Å². The van der Waals surface area contributed by atoms with Crippen molar-refractivity contribution in [2.24, 2.45) is 5.41 Å². The molecule has 0 bridgehead atoms. The van der Waals surface area contributed by atoms with E-state index in [0.29, 0.717) is 17.5 Å². The first-order valence-corrected chi connectivity index (χ1v) is 6.83. The summed E-state index contributed by atoms with van der Waals surface area (Å²) in [5.41, 5.74) is 1.76. The second kappa shape index (κ2) is 4.62. The van der Waals surface area contributed by atoms with Crippen molar-refractivity contribution < 1.29 is 4.74 Å². The van der Waals surface area contributed by atoms with E-state index in [9.17, 15) is 0 Å². The topological polar surface area (TPSA) is 21.3 Å². The molecule has 1 aromatic carbocycles. The van der Waals surface area contributed by atoms with Crippen LogP contribution in [0.4, 0.5) is 0 Å². The lowest BCUT2D eigenvalue weighted by Crippen LogP contribution is -2.24. The van der Waals surface area contributed by atoms with Gasteiger partial charge in [0.15, 0.2) is 0 Å². The molecular formula is C14H20BrNO. The van der Waals surface area contributed by atoms with Gasteiger partial charge < -0.3 is 10.1 Å². The number of nitrogens with one attached hydrogen (secondary N) is 1. The lowest BCUT2D eigenvalue weighted by molar-refractivity contribution is 0.411. The number of hydrogen-bond acceptors (Lipinski definition) is 2. The summed E-state index contributed by atoms with van der Waals surface area (Å²) >= 11 is 3.53. The standard InChI is InChI=1S/C14H20BrNO/c1-9(16-13-8-14(13,2)3)10-5-6-12(17-4)11(15)7-10/h5-7,9,13,16H,8H2,1-4H3. The van der Waals surface area contributed by atoms with Crippen molar-refractivity contribution in [3.05, 3.63) is 28.2 Å². The lowest BCUT2D eigenvalue weighted by atomic mass is 10.1. The fourth-order valence-corrected chi connectivity index (χ4v) is 2.66. The van der Waals surface area contributed by atoms with Crippen LogP contribution in [0.15, 0.2) is 22.7 Å². The molecule has 0 heterocycles. The molecule has 0 amide bonds. The largest absolute Gasteiger partial charge is 0.496 e. The first-order chi connectivity index (χ1) is 7.94. The summed E-state index contributed by atoms with van der Waals surface area (Å²) in [5, 5.41) is 3.66. The van der Waals surface area contributed by atoms with Crippen LogP contribution >= 0.6 is 15.9 Å². The average Bonchev–Trinajstić information content (AvgIpc) is 2.85. The Kier molecular flexibility index (Phi) is 3.50. The van der Waals surface area contributed by atoms with Gasteiger partial charge in [-0.1, -0.05) is 19.9 Å². The molecule has 2 unspecified atom stereocenters. The molecule has 0 saturated heterocycles. The summed E-state index contributed by atoms with van der Waals surface area (Å²) in [6, 6.07) is 7.29. The number of ether oxygens (including phenoxy) is 1. The smallest absolute Gasteiger partial charge is 0.133 e. The number of methoxy groups -OCH3 is 1. The highest BCUT2D eigenvalue weighted by atomic mass is 79.9. The molecule has 1 aliphatic carbocycles. The van der Waals surface area contributed by atoms with Gasteiger partial charge in [0.2, 0.25) is 0 Å². The third kappa shape index (κ3) is 2.83. The quantitative estimate of drug-likeness (QED) is 0.910. The minimum absolute atomic E-state index is 0.379. The SMILES string of the molecule is COc1ccc(C(C)NC2CC2(C)C)cc1Br. The Morgan fingerprint density at radius 3 is 2.59 bits per heavy atom. The minimum Gasteiger partial charge on any atom is -0.496 e. The fourth-order valence-electron chi connectivity index (χ4n) is 2.10. The van der Waals surface area contributed by atoms with Crippen molar-refractivity contribution in [2.45, 2.75) is 39.3 Å². The van der Waals surface area contributed by atoms with Gasteiger partial charge in [0.25, 0.3) is 0 Å². The molecule has 0 aromatic heterocycles. The maximum absolute atomic E-state index is 5.24. The normalized spacial score (nSPS) is 23.2. The highest BCUT2D eigenvalue weighted by Crippen LogP contribution is 2.45. The third-order valence-electron chi connectivity index (χ3n) is 3.64. The van der Waals surface area contributed by atoms with Gasteiger partial charge in [0, 0.05) is 12.1 Å². The van der Waals surface area contributed by atoms with E-state index in [2.05, 4.69) is 54.2 Å². The molecule has 0 radical (unpaired) electrons. The molecule has 1 aliphatic rings. The number of benzene rings is 1. The Bertz CT molecular complexity index is 417. The van der Waals surface area contributed by atoms with Gasteiger partial charge >= 0.3 is 0 Å². The molecule has 1 aromatic rings. The number of rotatable bonds is 4. The van der Waals surface area contributed by atoms with Crippen molar-refractivity contribution in [1.29, 1.82) is 0 Å². The Hall–Kier alpha value is -0.540. The van der Waals surface area contributed by atoms with Crippen LogP contribution in [-0.2, 0) is 0 Å². The van der Waals surface area contributed by atoms with Gasteiger partial charge in [-0.25, -0.2) is 0 Å². The number of hydrogen-bond donors (Lipinski definition) is 1. The zero-order valence-corrected chi connectivity index (χ0v) is 12.5. The van der Waals surface area contributed by atoms with Crippen LogP contribution in [0, 0.1) is 5.41 Å². The van der Waals surface area contributed by atoms with E-state index in [1.165, 1.54) is 12.0 Å². The molecule has 1 saturated carbocycles. The second-order valence-electron chi connectivity index (χ2n) is 5.53. The van der Waals surface area contributed by atoms with Gasteiger partial charge in [-0.05, 0) is 52.4 Å². The molecule has 2 atom stereocenters. The second-order valence-corrected chi connectivity index (χ2v) is 6.38. The summed E-state index contributed by atoms with van der Waals surface area (Å²) < 4.78 is 6.25. The molecule has 1 fully saturated rings. The first kappa shape index (κ1) is 12.9. The molecule has 0 spiro atoms. The van der Waals surface area contributed by atoms with E-state index in [1.807, 2.05) is 6.07 Å². The molecule has 17 heavy (non-hydrogen) atoms. The number of halogens is 1. The Balaban J connectivity index is 2.04. The molecule has 3 heteroatoms. The Morgan fingerprint density at radius 2 is 2.12 bits per heavy atom. The minimum atomic E-state index is 0.379. The maximum Gasteiger partial charge on any atom is 0.133 e. The highest BCUT2D eigenvalue weighted by Gasteiger charge is 2.45. The van der Waals surface area contributed by atoms with Gasteiger partial charge in [0.05, 0.1) is 11.6 Å². The van der Waals surface area contributed by atoms with Crippen molar-refractivity contribution >= 4 is 15.9 Å². The monoisotopic (exact) mass is 297 g/mol. The van der Waals surface area contributed by atoms with Crippen LogP contribution in [0.5, 0.6) is 5.75 Å². The van der Waals surface area contributed by atoms with E-state index in [0.717, 1.165) is 10.2 Å². The van der Waals surface area contributed by atoms with Gasteiger partial charge in [-0.3, -0.25) is 0 Å². The summed E-state index contributed by atoms with van der Waals surface area (Å²) in [6.07, 6.45) is 1.27. The Labute approximate surface area is 112 Å². The highest BCUT2D eigenvalue weighted by molar-refractivity contribution is 9.10. The van der Waals surface area contributed by atoms with E-state index >= 15 is 0 Å². The predicted molar refractivity (Wildman–Crippen MR) is 74.4 cm³/mol. The summed E-state index contributed by atoms with van der Waals surface area (Å²) in [6.45, 7) is 6.82.